The van der Waals surface area contributed by atoms with Crippen LogP contribution in [0, 0.1) is 0 Å². The molecular weight excluding hydrogens is 190 g/mol. The highest BCUT2D eigenvalue weighted by atomic mass is 16.5. The van der Waals surface area contributed by atoms with Gasteiger partial charge in [-0.15, -0.1) is 0 Å². The molecule has 0 saturated carbocycles. The molecule has 0 aliphatic carbocycles. The highest BCUT2D eigenvalue weighted by Crippen LogP contribution is 2.07. The third-order valence-corrected chi connectivity index (χ3v) is 1.50. The molecule has 0 unspecified atom stereocenters. The zero-order valence-electron chi connectivity index (χ0n) is 9.62. The van der Waals surface area contributed by atoms with Crippen LogP contribution in [0.15, 0.2) is 30.3 Å². The molecule has 84 valence electrons. The van der Waals surface area contributed by atoms with E-state index >= 15 is 0 Å². The Labute approximate surface area is 91.5 Å². The van der Waals surface area contributed by atoms with Gasteiger partial charge in [0.15, 0.2) is 0 Å². The molecule has 0 saturated heterocycles. The highest BCUT2D eigenvalue weighted by molar-refractivity contribution is 5.69. The maximum atomic E-state index is 10.4. The van der Waals surface area contributed by atoms with E-state index in [0.29, 0.717) is 5.75 Å². The smallest absolute Gasteiger partial charge is 0.308 e. The molecule has 3 nitrogen and oxygen atoms in total. The summed E-state index contributed by atoms with van der Waals surface area (Å²) in [7, 11) is 0. The van der Waals surface area contributed by atoms with Crippen LogP contribution in [0.3, 0.4) is 0 Å². The summed E-state index contributed by atoms with van der Waals surface area (Å²) >= 11 is 0. The van der Waals surface area contributed by atoms with Gasteiger partial charge in [-0.05, 0) is 25.2 Å². The number of esters is 1. The summed E-state index contributed by atoms with van der Waals surface area (Å²) in [6.07, 6.45) is 0. The fourth-order valence-corrected chi connectivity index (χ4v) is 0.905. The Morgan fingerprint density at radius 2 is 1.73 bits per heavy atom. The van der Waals surface area contributed by atoms with E-state index in [1.165, 1.54) is 6.92 Å². The molecule has 3 heteroatoms. The van der Waals surface area contributed by atoms with Crippen molar-refractivity contribution in [3.63, 3.8) is 0 Å². The number of ether oxygens (including phenoxy) is 1. The minimum Gasteiger partial charge on any atom is -0.427 e. The quantitative estimate of drug-likeness (QED) is 0.613. The van der Waals surface area contributed by atoms with E-state index < -0.39 is 0 Å². The zero-order valence-corrected chi connectivity index (χ0v) is 9.62. The van der Waals surface area contributed by atoms with E-state index in [0.717, 1.165) is 13.1 Å². The van der Waals surface area contributed by atoms with Crippen LogP contribution in [0.5, 0.6) is 5.75 Å². The average molecular weight is 209 g/mol. The van der Waals surface area contributed by atoms with Crippen LogP contribution < -0.4 is 10.1 Å². The third-order valence-electron chi connectivity index (χ3n) is 1.50. The van der Waals surface area contributed by atoms with Crippen LogP contribution >= 0.6 is 0 Å². The van der Waals surface area contributed by atoms with Gasteiger partial charge in [-0.2, -0.15) is 0 Å². The van der Waals surface area contributed by atoms with Gasteiger partial charge in [0.25, 0.3) is 0 Å². The lowest BCUT2D eigenvalue weighted by atomic mass is 10.3. The topological polar surface area (TPSA) is 38.3 Å². The summed E-state index contributed by atoms with van der Waals surface area (Å²) in [5, 5.41) is 3.11. The van der Waals surface area contributed by atoms with Gasteiger partial charge in [0, 0.05) is 6.92 Å². The van der Waals surface area contributed by atoms with Crippen LogP contribution in [0.4, 0.5) is 0 Å². The largest absolute Gasteiger partial charge is 0.427 e. The van der Waals surface area contributed by atoms with E-state index in [4.69, 9.17) is 4.74 Å². The number of hydrogen-bond donors (Lipinski definition) is 1. The van der Waals surface area contributed by atoms with Gasteiger partial charge in [0.05, 0.1) is 0 Å². The van der Waals surface area contributed by atoms with E-state index in [1.807, 2.05) is 18.2 Å². The molecule has 0 spiro atoms. The van der Waals surface area contributed by atoms with Gasteiger partial charge in [-0.3, -0.25) is 4.79 Å². The average Bonchev–Trinajstić information content (AvgIpc) is 2.20. The number of hydrogen-bond acceptors (Lipinski definition) is 3. The number of carbonyl (C=O) groups is 1. The van der Waals surface area contributed by atoms with Gasteiger partial charge < -0.3 is 10.1 Å². The molecule has 15 heavy (non-hydrogen) atoms. The second kappa shape index (κ2) is 9.21. The lowest BCUT2D eigenvalue weighted by Crippen LogP contribution is -2.09. The summed E-state index contributed by atoms with van der Waals surface area (Å²) in [4.78, 5) is 10.4. The molecule has 0 heterocycles. The molecule has 0 atom stereocenters. The summed E-state index contributed by atoms with van der Waals surface area (Å²) in [5.74, 6) is 0.307. The maximum absolute atomic E-state index is 10.4. The summed E-state index contributed by atoms with van der Waals surface area (Å²) in [5.41, 5.74) is 0. The first-order valence-corrected chi connectivity index (χ1v) is 5.14. The van der Waals surface area contributed by atoms with Gasteiger partial charge in [-0.1, -0.05) is 32.0 Å². The number of rotatable bonds is 3. The van der Waals surface area contributed by atoms with Crippen molar-refractivity contribution in [1.29, 1.82) is 0 Å². The van der Waals surface area contributed by atoms with Gasteiger partial charge in [0.2, 0.25) is 0 Å². The summed E-state index contributed by atoms with van der Waals surface area (Å²) in [6, 6.07) is 8.98. The van der Waals surface area contributed by atoms with Crippen molar-refractivity contribution < 1.29 is 9.53 Å². The molecule has 0 aliphatic rings. The first kappa shape index (κ1) is 13.7. The molecule has 0 bridgehead atoms. The normalized spacial score (nSPS) is 8.73. The number of benzene rings is 1. The first-order valence-electron chi connectivity index (χ1n) is 5.14. The molecule has 1 rings (SSSR count). The predicted octanol–water partition coefficient (Wildman–Crippen LogP) is 2.23. The van der Waals surface area contributed by atoms with E-state index in [-0.39, 0.29) is 5.97 Å². The third kappa shape index (κ3) is 8.97. The SMILES string of the molecule is CC(=O)Oc1ccccc1.CCNCC. The minimum absolute atomic E-state index is 0.286. The minimum atomic E-state index is -0.286. The lowest BCUT2D eigenvalue weighted by Gasteiger charge is -1.97. The first-order chi connectivity index (χ1) is 7.20. The van der Waals surface area contributed by atoms with Crippen molar-refractivity contribution in [3.8, 4) is 5.75 Å². The second-order valence-electron chi connectivity index (χ2n) is 2.86. The van der Waals surface area contributed by atoms with E-state index in [1.54, 1.807) is 12.1 Å². The van der Waals surface area contributed by atoms with Crippen molar-refractivity contribution in [2.75, 3.05) is 13.1 Å². The molecule has 1 aromatic rings. The predicted molar refractivity (Wildman–Crippen MR) is 62.0 cm³/mol. The lowest BCUT2D eigenvalue weighted by molar-refractivity contribution is -0.131. The van der Waals surface area contributed by atoms with Crippen molar-refractivity contribution in [3.05, 3.63) is 30.3 Å². The molecule has 0 fully saturated rings. The van der Waals surface area contributed by atoms with Crippen LogP contribution in [-0.4, -0.2) is 19.1 Å². The van der Waals surface area contributed by atoms with Gasteiger partial charge in [-0.25, -0.2) is 0 Å². The zero-order chi connectivity index (χ0) is 11.5. The molecule has 1 N–H and O–H groups in total. The van der Waals surface area contributed by atoms with E-state index in [9.17, 15) is 4.79 Å². The monoisotopic (exact) mass is 209 g/mol. The fourth-order valence-electron chi connectivity index (χ4n) is 0.905. The van der Waals surface area contributed by atoms with Gasteiger partial charge >= 0.3 is 5.97 Å². The Kier molecular flexibility index (Phi) is 8.39. The summed E-state index contributed by atoms with van der Waals surface area (Å²) in [6.45, 7) is 7.77. The van der Waals surface area contributed by atoms with Gasteiger partial charge in [0.1, 0.15) is 5.75 Å². The molecule has 0 radical (unpaired) electrons. The Morgan fingerprint density at radius 1 is 1.20 bits per heavy atom. The fraction of sp³-hybridized carbons (Fsp3) is 0.417. The summed E-state index contributed by atoms with van der Waals surface area (Å²) < 4.78 is 4.78. The number of carbonyl (C=O) groups excluding carboxylic acids is 1. The van der Waals surface area contributed by atoms with Crippen molar-refractivity contribution >= 4 is 5.97 Å². The molecular formula is C12H19NO2. The molecule has 0 amide bonds. The Balaban J connectivity index is 0.000000336. The van der Waals surface area contributed by atoms with Crippen LogP contribution in [0.25, 0.3) is 0 Å². The molecule has 0 aromatic heterocycles. The maximum Gasteiger partial charge on any atom is 0.308 e. The van der Waals surface area contributed by atoms with Crippen LogP contribution in [-0.2, 0) is 4.79 Å². The molecule has 0 aliphatic heterocycles. The highest BCUT2D eigenvalue weighted by Gasteiger charge is 1.92. The number of nitrogens with one attached hydrogen (secondary N) is 1. The van der Waals surface area contributed by atoms with Crippen molar-refractivity contribution in [1.82, 2.24) is 5.32 Å². The van der Waals surface area contributed by atoms with Crippen molar-refractivity contribution in [2.45, 2.75) is 20.8 Å². The standard InChI is InChI=1S/C8H8O2.C4H11N/c1-7(9)10-8-5-3-2-4-6-8;1-3-5-4-2/h2-6H,1H3;5H,3-4H2,1-2H3. The number of para-hydroxylation sites is 1. The van der Waals surface area contributed by atoms with Crippen LogP contribution in [0.2, 0.25) is 0 Å². The Morgan fingerprint density at radius 3 is 2.07 bits per heavy atom. The van der Waals surface area contributed by atoms with Crippen LogP contribution in [0.1, 0.15) is 20.8 Å². The van der Waals surface area contributed by atoms with Crippen molar-refractivity contribution in [2.24, 2.45) is 0 Å². The Bertz CT molecular complexity index is 258. The van der Waals surface area contributed by atoms with E-state index in [2.05, 4.69) is 19.2 Å². The second-order valence-corrected chi connectivity index (χ2v) is 2.86. The Hall–Kier alpha value is -1.35. The molecule has 1 aromatic carbocycles.